The molecule has 2 aliphatic heterocycles. The van der Waals surface area contributed by atoms with Gasteiger partial charge in [-0.25, -0.2) is 8.42 Å². The van der Waals surface area contributed by atoms with Gasteiger partial charge in [0.05, 0.1) is 20.3 Å². The largest absolute Gasteiger partial charge is 0.495 e. The lowest BCUT2D eigenvalue weighted by Gasteiger charge is -2.26. The van der Waals surface area contributed by atoms with Crippen molar-refractivity contribution in [3.8, 4) is 5.75 Å². The first-order valence-electron chi connectivity index (χ1n) is 9.29. The van der Waals surface area contributed by atoms with Crippen molar-refractivity contribution in [2.24, 2.45) is 0 Å². The van der Waals surface area contributed by atoms with Crippen LogP contribution in [-0.2, 0) is 14.8 Å². The van der Waals surface area contributed by atoms with E-state index in [4.69, 9.17) is 9.47 Å². The normalized spacial score (nSPS) is 19.1. The second-order valence-electron chi connectivity index (χ2n) is 6.69. The van der Waals surface area contributed by atoms with Crippen molar-refractivity contribution >= 4 is 15.9 Å². The predicted molar refractivity (Wildman–Crippen MR) is 101 cm³/mol. The first-order chi connectivity index (χ1) is 13.0. The molecule has 1 aromatic rings. The number of rotatable bonds is 7. The fourth-order valence-electron chi connectivity index (χ4n) is 3.34. The van der Waals surface area contributed by atoms with Gasteiger partial charge in [-0.1, -0.05) is 0 Å². The number of benzene rings is 1. The third kappa shape index (κ3) is 4.78. The van der Waals surface area contributed by atoms with Crippen molar-refractivity contribution in [3.63, 3.8) is 0 Å². The number of ether oxygens (including phenoxy) is 2. The Morgan fingerprint density at radius 3 is 2.56 bits per heavy atom. The van der Waals surface area contributed by atoms with E-state index in [0.717, 1.165) is 32.5 Å². The molecule has 0 aromatic heterocycles. The number of carbonyl (C=O) groups excluding carboxylic acids is 1. The summed E-state index contributed by atoms with van der Waals surface area (Å²) in [6.07, 6.45) is 1.70. The van der Waals surface area contributed by atoms with Crippen LogP contribution in [0.3, 0.4) is 0 Å². The quantitative estimate of drug-likeness (QED) is 0.723. The summed E-state index contributed by atoms with van der Waals surface area (Å²) in [6, 6.07) is 4.54. The first-order valence-corrected chi connectivity index (χ1v) is 10.7. The van der Waals surface area contributed by atoms with Crippen LogP contribution in [0.25, 0.3) is 0 Å². The number of sulfonamides is 1. The molecule has 2 saturated heterocycles. The minimum absolute atomic E-state index is 0.0488. The SMILES string of the molecule is COc1ccc(C(=O)NCCN2CCOCC2)cc1S(=O)(=O)N1CCCC1. The zero-order valence-corrected chi connectivity index (χ0v) is 16.5. The summed E-state index contributed by atoms with van der Waals surface area (Å²) in [4.78, 5) is 14.8. The Kier molecular flexibility index (Phi) is 6.69. The molecule has 1 amide bonds. The third-order valence-corrected chi connectivity index (χ3v) is 6.85. The maximum atomic E-state index is 12.9. The first kappa shape index (κ1) is 20.1. The van der Waals surface area contributed by atoms with E-state index in [1.807, 2.05) is 0 Å². The Morgan fingerprint density at radius 1 is 1.19 bits per heavy atom. The Balaban J connectivity index is 1.69. The molecule has 0 saturated carbocycles. The fraction of sp³-hybridized carbons (Fsp3) is 0.611. The van der Waals surface area contributed by atoms with Crippen molar-refractivity contribution in [1.82, 2.24) is 14.5 Å². The van der Waals surface area contributed by atoms with Crippen LogP contribution in [0, 0.1) is 0 Å². The monoisotopic (exact) mass is 397 g/mol. The van der Waals surface area contributed by atoms with E-state index in [9.17, 15) is 13.2 Å². The van der Waals surface area contributed by atoms with E-state index in [2.05, 4.69) is 10.2 Å². The summed E-state index contributed by atoms with van der Waals surface area (Å²) in [5.74, 6) is -0.0319. The average molecular weight is 397 g/mol. The number of nitrogens with zero attached hydrogens (tertiary/aromatic N) is 2. The lowest BCUT2D eigenvalue weighted by atomic mass is 10.2. The number of hydrogen-bond acceptors (Lipinski definition) is 6. The minimum atomic E-state index is -3.67. The van der Waals surface area contributed by atoms with Gasteiger partial charge in [-0.05, 0) is 31.0 Å². The van der Waals surface area contributed by atoms with Gasteiger partial charge in [0.1, 0.15) is 10.6 Å². The smallest absolute Gasteiger partial charge is 0.251 e. The molecule has 0 atom stereocenters. The molecule has 0 aliphatic carbocycles. The van der Waals surface area contributed by atoms with Gasteiger partial charge >= 0.3 is 0 Å². The predicted octanol–water partition coefficient (Wildman–Crippen LogP) is 0.542. The molecule has 0 radical (unpaired) electrons. The van der Waals surface area contributed by atoms with Gasteiger partial charge in [-0.2, -0.15) is 4.31 Å². The zero-order chi connectivity index (χ0) is 19.3. The molecule has 0 bridgehead atoms. The van der Waals surface area contributed by atoms with Crippen molar-refractivity contribution < 1.29 is 22.7 Å². The van der Waals surface area contributed by atoms with Gasteiger partial charge in [0.25, 0.3) is 5.91 Å². The molecule has 0 unspecified atom stereocenters. The molecule has 27 heavy (non-hydrogen) atoms. The molecule has 3 rings (SSSR count). The Hall–Kier alpha value is -1.68. The van der Waals surface area contributed by atoms with Crippen LogP contribution in [0.2, 0.25) is 0 Å². The molecular formula is C18H27N3O5S. The van der Waals surface area contributed by atoms with Crippen LogP contribution in [0.15, 0.2) is 23.1 Å². The highest BCUT2D eigenvalue weighted by atomic mass is 32.2. The fourth-order valence-corrected chi connectivity index (χ4v) is 5.04. The van der Waals surface area contributed by atoms with E-state index in [0.29, 0.717) is 38.4 Å². The summed E-state index contributed by atoms with van der Waals surface area (Å²) in [5.41, 5.74) is 0.315. The van der Waals surface area contributed by atoms with Crippen LogP contribution >= 0.6 is 0 Å². The van der Waals surface area contributed by atoms with Gasteiger partial charge in [-0.15, -0.1) is 0 Å². The van der Waals surface area contributed by atoms with Crippen molar-refractivity contribution in [1.29, 1.82) is 0 Å². The molecular weight excluding hydrogens is 370 g/mol. The average Bonchev–Trinajstić information content (AvgIpc) is 3.24. The number of morpholine rings is 1. The molecule has 1 N–H and O–H groups in total. The highest BCUT2D eigenvalue weighted by molar-refractivity contribution is 7.89. The second-order valence-corrected chi connectivity index (χ2v) is 8.59. The van der Waals surface area contributed by atoms with Gasteiger partial charge in [0.2, 0.25) is 10.0 Å². The molecule has 2 heterocycles. The van der Waals surface area contributed by atoms with Crippen molar-refractivity contribution in [2.45, 2.75) is 17.7 Å². The third-order valence-electron chi connectivity index (χ3n) is 4.93. The maximum Gasteiger partial charge on any atom is 0.251 e. The lowest BCUT2D eigenvalue weighted by molar-refractivity contribution is 0.0383. The number of hydrogen-bond donors (Lipinski definition) is 1. The molecule has 9 heteroatoms. The van der Waals surface area contributed by atoms with E-state index in [1.165, 1.54) is 17.5 Å². The molecule has 1 aromatic carbocycles. The van der Waals surface area contributed by atoms with Gasteiger partial charge in [-0.3, -0.25) is 9.69 Å². The van der Waals surface area contributed by atoms with E-state index in [-0.39, 0.29) is 16.6 Å². The zero-order valence-electron chi connectivity index (χ0n) is 15.6. The Labute approximate surface area is 160 Å². The second kappa shape index (κ2) is 9.01. The summed E-state index contributed by atoms with van der Waals surface area (Å²) < 4.78 is 37.8. The number of carbonyl (C=O) groups is 1. The van der Waals surface area contributed by atoms with E-state index in [1.54, 1.807) is 12.1 Å². The molecule has 8 nitrogen and oxygen atoms in total. The molecule has 2 aliphatic rings. The molecule has 0 spiro atoms. The van der Waals surface area contributed by atoms with Gasteiger partial charge in [0, 0.05) is 44.8 Å². The maximum absolute atomic E-state index is 12.9. The highest BCUT2D eigenvalue weighted by Gasteiger charge is 2.30. The van der Waals surface area contributed by atoms with Crippen molar-refractivity contribution in [2.75, 3.05) is 59.6 Å². The minimum Gasteiger partial charge on any atom is -0.495 e. The van der Waals surface area contributed by atoms with Crippen LogP contribution in [0.5, 0.6) is 5.75 Å². The molecule has 150 valence electrons. The van der Waals surface area contributed by atoms with Crippen LogP contribution < -0.4 is 10.1 Å². The summed E-state index contributed by atoms with van der Waals surface area (Å²) in [7, 11) is -2.24. The molecule has 2 fully saturated rings. The number of nitrogens with one attached hydrogen (secondary N) is 1. The van der Waals surface area contributed by atoms with Gasteiger partial charge in [0.15, 0.2) is 0 Å². The number of methoxy groups -OCH3 is 1. The van der Waals surface area contributed by atoms with E-state index >= 15 is 0 Å². The van der Waals surface area contributed by atoms with Crippen LogP contribution in [0.4, 0.5) is 0 Å². The number of amides is 1. The highest BCUT2D eigenvalue weighted by Crippen LogP contribution is 2.29. The van der Waals surface area contributed by atoms with Gasteiger partial charge < -0.3 is 14.8 Å². The topological polar surface area (TPSA) is 88.2 Å². The summed E-state index contributed by atoms with van der Waals surface area (Å²) in [5, 5.41) is 2.86. The standard InChI is InChI=1S/C18H27N3O5S/c1-25-16-5-4-15(14-17(16)27(23,24)21-7-2-3-8-21)18(22)19-6-9-20-10-12-26-13-11-20/h4-5,14H,2-3,6-13H2,1H3,(H,19,22). The Morgan fingerprint density at radius 2 is 1.89 bits per heavy atom. The summed E-state index contributed by atoms with van der Waals surface area (Å²) >= 11 is 0. The van der Waals surface area contributed by atoms with Crippen LogP contribution in [-0.4, -0.2) is 83.1 Å². The Bertz CT molecular complexity index is 756. The van der Waals surface area contributed by atoms with Crippen molar-refractivity contribution in [3.05, 3.63) is 23.8 Å². The lowest BCUT2D eigenvalue weighted by Crippen LogP contribution is -2.41. The van der Waals surface area contributed by atoms with E-state index < -0.39 is 10.0 Å². The summed E-state index contributed by atoms with van der Waals surface area (Å²) in [6.45, 7) is 5.38. The van der Waals surface area contributed by atoms with Crippen LogP contribution in [0.1, 0.15) is 23.2 Å².